The molecule has 0 amide bonds. The molecule has 0 atom stereocenters. The van der Waals surface area contributed by atoms with Gasteiger partial charge in [-0.25, -0.2) is 9.97 Å². The van der Waals surface area contributed by atoms with E-state index in [1.54, 1.807) is 0 Å². The third-order valence-electron chi connectivity index (χ3n) is 2.56. The molecule has 19 heavy (non-hydrogen) atoms. The predicted molar refractivity (Wildman–Crippen MR) is 77.0 cm³/mol. The molecular weight excluding hydrogens is 266 g/mol. The molecular formula is C13H22ClN3O2. The largest absolute Gasteiger partial charge is 0.380 e. The molecule has 108 valence electrons. The molecule has 0 aliphatic heterocycles. The van der Waals surface area contributed by atoms with Gasteiger partial charge in [-0.2, -0.15) is 0 Å². The molecule has 0 aliphatic rings. The number of hydrogen-bond acceptors (Lipinski definition) is 5. The minimum absolute atomic E-state index is 0.271. The predicted octanol–water partition coefficient (Wildman–Crippen LogP) is 2.32. The highest BCUT2D eigenvalue weighted by Gasteiger charge is 2.10. The van der Waals surface area contributed by atoms with E-state index in [1.165, 1.54) is 0 Å². The van der Waals surface area contributed by atoms with Crippen LogP contribution < -0.4 is 4.90 Å². The summed E-state index contributed by atoms with van der Waals surface area (Å²) < 4.78 is 10.8. The van der Waals surface area contributed by atoms with E-state index in [0.717, 1.165) is 24.6 Å². The lowest BCUT2D eigenvalue weighted by molar-refractivity contribution is 0.141. The van der Waals surface area contributed by atoms with Crippen molar-refractivity contribution >= 4 is 17.4 Å². The normalized spacial score (nSPS) is 10.7. The molecule has 0 saturated heterocycles. The molecule has 0 fully saturated rings. The standard InChI is InChI=1S/C13H22ClN3O2/c1-4-18-8-6-17(7-9-19-5-2)12-10-11(3)15-13(14)16-12/h10H,4-9H2,1-3H3. The van der Waals surface area contributed by atoms with E-state index in [9.17, 15) is 0 Å². The summed E-state index contributed by atoms with van der Waals surface area (Å²) in [7, 11) is 0. The highest BCUT2D eigenvalue weighted by molar-refractivity contribution is 6.28. The molecule has 0 bridgehead atoms. The highest BCUT2D eigenvalue weighted by Crippen LogP contribution is 2.14. The average Bonchev–Trinajstić information content (AvgIpc) is 2.36. The number of anilines is 1. The summed E-state index contributed by atoms with van der Waals surface area (Å²) in [5.74, 6) is 0.817. The average molecular weight is 288 g/mol. The van der Waals surface area contributed by atoms with E-state index in [1.807, 2.05) is 26.8 Å². The van der Waals surface area contributed by atoms with Crippen LogP contribution in [0.5, 0.6) is 0 Å². The number of hydrogen-bond donors (Lipinski definition) is 0. The second-order valence-electron chi connectivity index (χ2n) is 4.02. The fraction of sp³-hybridized carbons (Fsp3) is 0.692. The zero-order chi connectivity index (χ0) is 14.1. The van der Waals surface area contributed by atoms with Crippen LogP contribution in [0.1, 0.15) is 19.5 Å². The van der Waals surface area contributed by atoms with Crippen molar-refractivity contribution in [2.75, 3.05) is 44.4 Å². The van der Waals surface area contributed by atoms with Gasteiger partial charge in [-0.3, -0.25) is 0 Å². The van der Waals surface area contributed by atoms with Gasteiger partial charge in [0.2, 0.25) is 5.28 Å². The fourth-order valence-corrected chi connectivity index (χ4v) is 1.88. The van der Waals surface area contributed by atoms with Crippen LogP contribution in [0, 0.1) is 6.92 Å². The van der Waals surface area contributed by atoms with Crippen LogP contribution in [0.2, 0.25) is 5.28 Å². The first-order valence-electron chi connectivity index (χ1n) is 6.59. The molecule has 1 aromatic heterocycles. The summed E-state index contributed by atoms with van der Waals surface area (Å²) in [6, 6.07) is 1.92. The summed E-state index contributed by atoms with van der Waals surface area (Å²) in [6.07, 6.45) is 0. The minimum Gasteiger partial charge on any atom is -0.380 e. The molecule has 0 N–H and O–H groups in total. The molecule has 0 spiro atoms. The van der Waals surface area contributed by atoms with Gasteiger partial charge in [0.1, 0.15) is 5.82 Å². The minimum atomic E-state index is 0.271. The Bertz CT molecular complexity index is 347. The zero-order valence-electron chi connectivity index (χ0n) is 11.9. The first kappa shape index (κ1) is 16.1. The van der Waals surface area contributed by atoms with Crippen molar-refractivity contribution in [3.8, 4) is 0 Å². The van der Waals surface area contributed by atoms with Crippen LogP contribution in [0.3, 0.4) is 0 Å². The maximum Gasteiger partial charge on any atom is 0.224 e. The Kier molecular flexibility index (Phi) is 7.70. The smallest absolute Gasteiger partial charge is 0.224 e. The van der Waals surface area contributed by atoms with Crippen molar-refractivity contribution < 1.29 is 9.47 Å². The van der Waals surface area contributed by atoms with E-state index in [-0.39, 0.29) is 5.28 Å². The van der Waals surface area contributed by atoms with Crippen molar-refractivity contribution in [1.29, 1.82) is 0 Å². The van der Waals surface area contributed by atoms with E-state index < -0.39 is 0 Å². The number of nitrogens with zero attached hydrogens (tertiary/aromatic N) is 3. The van der Waals surface area contributed by atoms with Gasteiger partial charge in [0.15, 0.2) is 0 Å². The van der Waals surface area contributed by atoms with Crippen molar-refractivity contribution in [2.45, 2.75) is 20.8 Å². The first-order valence-corrected chi connectivity index (χ1v) is 6.96. The van der Waals surface area contributed by atoms with Crippen molar-refractivity contribution in [2.24, 2.45) is 0 Å². The Morgan fingerprint density at radius 3 is 2.16 bits per heavy atom. The van der Waals surface area contributed by atoms with Gasteiger partial charge in [0.25, 0.3) is 0 Å². The van der Waals surface area contributed by atoms with E-state index in [0.29, 0.717) is 26.4 Å². The maximum absolute atomic E-state index is 5.91. The number of rotatable bonds is 9. The van der Waals surface area contributed by atoms with Gasteiger partial charge in [0.05, 0.1) is 13.2 Å². The number of aromatic nitrogens is 2. The quantitative estimate of drug-likeness (QED) is 0.515. The van der Waals surface area contributed by atoms with Gasteiger partial charge >= 0.3 is 0 Å². The molecule has 0 radical (unpaired) electrons. The molecule has 1 heterocycles. The lowest BCUT2D eigenvalue weighted by Crippen LogP contribution is -2.32. The summed E-state index contributed by atoms with van der Waals surface area (Å²) in [4.78, 5) is 10.4. The summed E-state index contributed by atoms with van der Waals surface area (Å²) >= 11 is 5.91. The van der Waals surface area contributed by atoms with Gasteiger partial charge in [-0.1, -0.05) is 0 Å². The molecule has 0 saturated carbocycles. The zero-order valence-corrected chi connectivity index (χ0v) is 12.6. The SMILES string of the molecule is CCOCCN(CCOCC)c1cc(C)nc(Cl)n1. The van der Waals surface area contributed by atoms with Gasteiger partial charge in [-0.05, 0) is 32.4 Å². The third kappa shape index (κ3) is 6.18. The molecule has 1 aromatic rings. The van der Waals surface area contributed by atoms with Gasteiger partial charge in [-0.15, -0.1) is 0 Å². The number of halogens is 1. The Morgan fingerprint density at radius 2 is 1.68 bits per heavy atom. The second kappa shape index (κ2) is 9.07. The van der Waals surface area contributed by atoms with Crippen LogP contribution in [0.25, 0.3) is 0 Å². The molecule has 0 unspecified atom stereocenters. The van der Waals surface area contributed by atoms with E-state index in [2.05, 4.69) is 14.9 Å². The lowest BCUT2D eigenvalue weighted by atomic mass is 10.4. The van der Waals surface area contributed by atoms with Crippen LogP contribution in [-0.2, 0) is 9.47 Å². The highest BCUT2D eigenvalue weighted by atomic mass is 35.5. The van der Waals surface area contributed by atoms with Crippen molar-refractivity contribution in [3.63, 3.8) is 0 Å². The van der Waals surface area contributed by atoms with Crippen LogP contribution >= 0.6 is 11.6 Å². The Hall–Kier alpha value is -0.910. The molecule has 0 aliphatic carbocycles. The van der Waals surface area contributed by atoms with Crippen LogP contribution in [0.4, 0.5) is 5.82 Å². The monoisotopic (exact) mass is 287 g/mol. The number of aryl methyl sites for hydroxylation is 1. The van der Waals surface area contributed by atoms with Crippen LogP contribution in [-0.4, -0.2) is 49.5 Å². The summed E-state index contributed by atoms with van der Waals surface area (Å²) in [5, 5.41) is 0.271. The molecule has 5 nitrogen and oxygen atoms in total. The van der Waals surface area contributed by atoms with Crippen LogP contribution in [0.15, 0.2) is 6.07 Å². The maximum atomic E-state index is 5.91. The fourth-order valence-electron chi connectivity index (χ4n) is 1.66. The second-order valence-corrected chi connectivity index (χ2v) is 4.36. The van der Waals surface area contributed by atoms with Crippen molar-refractivity contribution in [3.05, 3.63) is 17.0 Å². The molecule has 1 rings (SSSR count). The topological polar surface area (TPSA) is 47.5 Å². The summed E-state index contributed by atoms with van der Waals surface area (Å²) in [6.45, 7) is 10.1. The van der Waals surface area contributed by atoms with E-state index >= 15 is 0 Å². The Labute approximate surface area is 119 Å². The number of ether oxygens (including phenoxy) is 2. The molecule has 0 aromatic carbocycles. The van der Waals surface area contributed by atoms with Gasteiger partial charge < -0.3 is 14.4 Å². The first-order chi connectivity index (χ1) is 9.17. The molecule has 6 heteroatoms. The Balaban J connectivity index is 2.69. The third-order valence-corrected chi connectivity index (χ3v) is 2.73. The summed E-state index contributed by atoms with van der Waals surface area (Å²) in [5.41, 5.74) is 0.854. The van der Waals surface area contributed by atoms with Gasteiger partial charge in [0, 0.05) is 38.1 Å². The Morgan fingerprint density at radius 1 is 1.11 bits per heavy atom. The van der Waals surface area contributed by atoms with Crippen molar-refractivity contribution in [1.82, 2.24) is 9.97 Å². The lowest BCUT2D eigenvalue weighted by Gasteiger charge is -2.23. The van der Waals surface area contributed by atoms with E-state index in [4.69, 9.17) is 21.1 Å².